The summed E-state index contributed by atoms with van der Waals surface area (Å²) in [5, 5.41) is 3.09. The monoisotopic (exact) mass is 375 g/mol. The number of halogens is 1. The highest BCUT2D eigenvalue weighted by Crippen LogP contribution is 2.39. The molecule has 1 fully saturated rings. The van der Waals surface area contributed by atoms with E-state index < -0.39 is 0 Å². The van der Waals surface area contributed by atoms with Gasteiger partial charge in [-0.2, -0.15) is 11.8 Å². The highest BCUT2D eigenvalue weighted by molar-refractivity contribution is 14.1. The van der Waals surface area contributed by atoms with E-state index in [9.17, 15) is 4.79 Å². The topological polar surface area (TPSA) is 29.1 Å². The molecular formula is C14H18INOS. The number of rotatable bonds is 4. The molecule has 2 rings (SSSR count). The second kappa shape index (κ2) is 6.28. The van der Waals surface area contributed by atoms with Gasteiger partial charge < -0.3 is 5.32 Å². The summed E-state index contributed by atoms with van der Waals surface area (Å²) in [6, 6.07) is 7.71. The van der Waals surface area contributed by atoms with E-state index in [0.717, 1.165) is 15.7 Å². The predicted octanol–water partition coefficient (Wildman–Crippen LogP) is 3.70. The van der Waals surface area contributed by atoms with Gasteiger partial charge in [-0.25, -0.2) is 0 Å². The average molecular weight is 375 g/mol. The van der Waals surface area contributed by atoms with Crippen LogP contribution in [0.15, 0.2) is 24.3 Å². The normalized spacial score (nSPS) is 17.7. The van der Waals surface area contributed by atoms with E-state index in [0.29, 0.717) is 0 Å². The van der Waals surface area contributed by atoms with Gasteiger partial charge in [-0.3, -0.25) is 4.79 Å². The first-order chi connectivity index (χ1) is 8.65. The molecule has 1 aromatic carbocycles. The maximum absolute atomic E-state index is 12.0. The number of nitrogens with one attached hydrogen (secondary N) is 1. The largest absolute Gasteiger partial charge is 0.351 e. The predicted molar refractivity (Wildman–Crippen MR) is 86.2 cm³/mol. The Labute approximate surface area is 126 Å². The Morgan fingerprint density at radius 2 is 1.94 bits per heavy atom. The Kier molecular flexibility index (Phi) is 4.95. The Morgan fingerprint density at radius 3 is 2.50 bits per heavy atom. The molecule has 0 unspecified atom stereocenters. The lowest BCUT2D eigenvalue weighted by Gasteiger charge is -2.26. The number of hydrogen-bond donors (Lipinski definition) is 1. The van der Waals surface area contributed by atoms with Crippen LogP contribution in [-0.4, -0.2) is 23.5 Å². The van der Waals surface area contributed by atoms with Gasteiger partial charge in [0.15, 0.2) is 0 Å². The lowest BCUT2D eigenvalue weighted by Crippen LogP contribution is -2.38. The molecule has 2 nitrogen and oxygen atoms in total. The fourth-order valence-corrected chi connectivity index (χ4v) is 3.69. The molecule has 0 heterocycles. The summed E-state index contributed by atoms with van der Waals surface area (Å²) in [6.07, 6.45) is 7.19. The van der Waals surface area contributed by atoms with Crippen LogP contribution in [0.4, 0.5) is 0 Å². The molecule has 1 aromatic rings. The molecular weight excluding hydrogens is 357 g/mol. The summed E-state index contributed by atoms with van der Waals surface area (Å²) < 4.78 is 1.43. The van der Waals surface area contributed by atoms with Crippen LogP contribution in [0, 0.1) is 3.57 Å². The lowest BCUT2D eigenvalue weighted by molar-refractivity contribution is 0.0949. The molecule has 1 aliphatic carbocycles. The van der Waals surface area contributed by atoms with Gasteiger partial charge in [0.25, 0.3) is 5.91 Å². The average Bonchev–Trinajstić information content (AvgIpc) is 2.86. The Morgan fingerprint density at radius 1 is 1.33 bits per heavy atom. The Hall–Kier alpha value is -0.230. The first kappa shape index (κ1) is 14.2. The molecule has 1 amide bonds. The zero-order valence-electron chi connectivity index (χ0n) is 10.5. The SMILES string of the molecule is CSC1(CNC(=O)c2ccc(I)cc2)CCCC1. The van der Waals surface area contributed by atoms with Crippen molar-refractivity contribution < 1.29 is 4.79 Å². The van der Waals surface area contributed by atoms with E-state index in [2.05, 4.69) is 34.2 Å². The molecule has 0 aromatic heterocycles. The number of amides is 1. The van der Waals surface area contributed by atoms with Gasteiger partial charge >= 0.3 is 0 Å². The molecule has 98 valence electrons. The smallest absolute Gasteiger partial charge is 0.251 e. The zero-order chi connectivity index (χ0) is 13.0. The van der Waals surface area contributed by atoms with Crippen LogP contribution in [-0.2, 0) is 0 Å². The van der Waals surface area contributed by atoms with Gasteiger partial charge in [-0.05, 0) is 66.0 Å². The van der Waals surface area contributed by atoms with Crippen LogP contribution in [0.2, 0.25) is 0 Å². The van der Waals surface area contributed by atoms with Crippen molar-refractivity contribution in [3.8, 4) is 0 Å². The molecule has 4 heteroatoms. The van der Waals surface area contributed by atoms with E-state index in [1.165, 1.54) is 25.7 Å². The van der Waals surface area contributed by atoms with Crippen molar-refractivity contribution in [3.63, 3.8) is 0 Å². The Bertz CT molecular complexity index is 412. The third kappa shape index (κ3) is 3.41. The maximum atomic E-state index is 12.0. The lowest BCUT2D eigenvalue weighted by atomic mass is 10.1. The Balaban J connectivity index is 1.93. The molecule has 18 heavy (non-hydrogen) atoms. The molecule has 0 saturated heterocycles. The number of carbonyl (C=O) groups excluding carboxylic acids is 1. The van der Waals surface area contributed by atoms with E-state index in [-0.39, 0.29) is 10.7 Å². The molecule has 1 aliphatic rings. The highest BCUT2D eigenvalue weighted by atomic mass is 127. The summed E-state index contributed by atoms with van der Waals surface area (Å²) in [6.45, 7) is 0.791. The second-order valence-corrected chi connectivity index (χ2v) is 7.30. The van der Waals surface area contributed by atoms with Crippen LogP contribution < -0.4 is 5.32 Å². The van der Waals surface area contributed by atoms with E-state index in [1.807, 2.05) is 36.0 Å². The molecule has 1 saturated carbocycles. The van der Waals surface area contributed by atoms with Crippen LogP contribution in [0.1, 0.15) is 36.0 Å². The maximum Gasteiger partial charge on any atom is 0.251 e. The van der Waals surface area contributed by atoms with Gasteiger partial charge in [-0.15, -0.1) is 0 Å². The zero-order valence-corrected chi connectivity index (χ0v) is 13.5. The number of hydrogen-bond acceptors (Lipinski definition) is 2. The van der Waals surface area contributed by atoms with Gasteiger partial charge in [0, 0.05) is 20.4 Å². The molecule has 0 atom stereocenters. The van der Waals surface area contributed by atoms with Gasteiger partial charge in [0.2, 0.25) is 0 Å². The third-order valence-corrected chi connectivity index (χ3v) is 5.76. The molecule has 0 bridgehead atoms. The minimum atomic E-state index is 0.0479. The van der Waals surface area contributed by atoms with Crippen LogP contribution in [0.3, 0.4) is 0 Å². The second-order valence-electron chi connectivity index (χ2n) is 4.78. The van der Waals surface area contributed by atoms with Crippen LogP contribution in [0.25, 0.3) is 0 Å². The van der Waals surface area contributed by atoms with Crippen LogP contribution >= 0.6 is 34.4 Å². The van der Waals surface area contributed by atoms with E-state index >= 15 is 0 Å². The first-order valence-electron chi connectivity index (χ1n) is 6.24. The van der Waals surface area contributed by atoms with Crippen LogP contribution in [0.5, 0.6) is 0 Å². The minimum Gasteiger partial charge on any atom is -0.351 e. The summed E-state index contributed by atoms with van der Waals surface area (Å²) in [4.78, 5) is 12.0. The van der Waals surface area contributed by atoms with E-state index in [1.54, 1.807) is 0 Å². The molecule has 1 N–H and O–H groups in total. The third-order valence-electron chi connectivity index (χ3n) is 3.63. The van der Waals surface area contributed by atoms with Crippen molar-refractivity contribution in [3.05, 3.63) is 33.4 Å². The van der Waals surface area contributed by atoms with Gasteiger partial charge in [0.05, 0.1) is 0 Å². The molecule has 0 radical (unpaired) electrons. The van der Waals surface area contributed by atoms with E-state index in [4.69, 9.17) is 0 Å². The molecule has 0 aliphatic heterocycles. The first-order valence-corrected chi connectivity index (χ1v) is 8.54. The number of carbonyl (C=O) groups is 1. The standard InChI is InChI=1S/C14H18INOS/c1-18-14(8-2-3-9-14)10-16-13(17)11-4-6-12(15)7-5-11/h4-7H,2-3,8-10H2,1H3,(H,16,17). The fraction of sp³-hybridized carbons (Fsp3) is 0.500. The number of thioether (sulfide) groups is 1. The van der Waals surface area contributed by atoms with Crippen molar-refractivity contribution in [2.75, 3.05) is 12.8 Å². The van der Waals surface area contributed by atoms with Crippen molar-refractivity contribution in [2.24, 2.45) is 0 Å². The summed E-state index contributed by atoms with van der Waals surface area (Å²) in [7, 11) is 0. The van der Waals surface area contributed by atoms with Gasteiger partial charge in [0.1, 0.15) is 0 Å². The quantitative estimate of drug-likeness (QED) is 0.814. The van der Waals surface area contributed by atoms with Gasteiger partial charge in [-0.1, -0.05) is 12.8 Å². The van der Waals surface area contributed by atoms with Crippen molar-refractivity contribution in [1.29, 1.82) is 0 Å². The minimum absolute atomic E-state index is 0.0479. The molecule has 0 spiro atoms. The van der Waals surface area contributed by atoms with Crippen molar-refractivity contribution in [2.45, 2.75) is 30.4 Å². The fourth-order valence-electron chi connectivity index (χ4n) is 2.42. The summed E-state index contributed by atoms with van der Waals surface area (Å²) in [5.74, 6) is 0.0479. The van der Waals surface area contributed by atoms with Crippen molar-refractivity contribution >= 4 is 40.3 Å². The summed E-state index contributed by atoms with van der Waals surface area (Å²) >= 11 is 4.15. The van der Waals surface area contributed by atoms with Crippen molar-refractivity contribution in [1.82, 2.24) is 5.32 Å². The highest BCUT2D eigenvalue weighted by Gasteiger charge is 2.33. The summed E-state index contributed by atoms with van der Waals surface area (Å²) in [5.41, 5.74) is 0.754. The number of benzene rings is 1.